The lowest BCUT2D eigenvalue weighted by Crippen LogP contribution is -2.50. The second-order valence-corrected chi connectivity index (χ2v) is 4.87. The van der Waals surface area contributed by atoms with Crippen molar-refractivity contribution in [3.05, 3.63) is 30.1 Å². The Morgan fingerprint density at radius 2 is 2.19 bits per heavy atom. The highest BCUT2D eigenvalue weighted by molar-refractivity contribution is 5.85. The molecule has 2 rings (SSSR count). The van der Waals surface area contributed by atoms with E-state index >= 15 is 0 Å². The number of methoxy groups -OCH3 is 1. The van der Waals surface area contributed by atoms with Gasteiger partial charge in [0.05, 0.1) is 7.11 Å². The van der Waals surface area contributed by atoms with Crippen LogP contribution in [0.1, 0.15) is 19.3 Å². The van der Waals surface area contributed by atoms with Gasteiger partial charge in [0.25, 0.3) is 5.91 Å². The molecule has 0 aliphatic carbocycles. The van der Waals surface area contributed by atoms with E-state index in [9.17, 15) is 14.0 Å². The molecule has 1 heterocycles. The molecular weight excluding hydrogens is 277 g/mol. The number of halogens is 1. The Balaban J connectivity index is 1.96. The van der Waals surface area contributed by atoms with E-state index in [1.54, 1.807) is 6.07 Å². The number of benzene rings is 1. The molecule has 0 N–H and O–H groups in total. The fraction of sp³-hybridized carbons (Fsp3) is 0.467. The Hall–Kier alpha value is -2.11. The molecule has 0 aromatic heterocycles. The molecule has 0 spiro atoms. The first kappa shape index (κ1) is 15.3. The maximum Gasteiger partial charge on any atom is 0.328 e. The van der Waals surface area contributed by atoms with Crippen LogP contribution < -0.4 is 4.74 Å². The normalized spacial score (nSPS) is 18.2. The molecule has 1 aromatic carbocycles. The van der Waals surface area contributed by atoms with E-state index in [0.29, 0.717) is 13.0 Å². The predicted molar refractivity (Wildman–Crippen MR) is 73.3 cm³/mol. The maximum absolute atomic E-state index is 13.0. The van der Waals surface area contributed by atoms with Crippen molar-refractivity contribution in [1.29, 1.82) is 0 Å². The minimum atomic E-state index is -0.549. The highest BCUT2D eigenvalue weighted by atomic mass is 19.1. The van der Waals surface area contributed by atoms with Crippen LogP contribution in [0.2, 0.25) is 0 Å². The molecule has 1 amide bonds. The van der Waals surface area contributed by atoms with Gasteiger partial charge < -0.3 is 14.4 Å². The van der Waals surface area contributed by atoms with Crippen molar-refractivity contribution in [3.8, 4) is 5.75 Å². The number of rotatable bonds is 4. The number of piperidine rings is 1. The highest BCUT2D eigenvalue weighted by Crippen LogP contribution is 2.19. The van der Waals surface area contributed by atoms with E-state index in [-0.39, 0.29) is 18.3 Å². The maximum atomic E-state index is 13.0. The van der Waals surface area contributed by atoms with Crippen LogP contribution in [0.3, 0.4) is 0 Å². The molecule has 1 unspecified atom stereocenters. The van der Waals surface area contributed by atoms with Gasteiger partial charge in [-0.1, -0.05) is 6.07 Å². The van der Waals surface area contributed by atoms with Crippen molar-refractivity contribution in [1.82, 2.24) is 4.90 Å². The number of hydrogen-bond acceptors (Lipinski definition) is 4. The smallest absolute Gasteiger partial charge is 0.328 e. The first-order valence-corrected chi connectivity index (χ1v) is 6.87. The molecule has 1 aromatic rings. The zero-order valence-electron chi connectivity index (χ0n) is 11.9. The molecule has 21 heavy (non-hydrogen) atoms. The molecule has 1 aliphatic rings. The van der Waals surface area contributed by atoms with Crippen LogP contribution >= 0.6 is 0 Å². The van der Waals surface area contributed by atoms with Crippen LogP contribution in [0.5, 0.6) is 5.75 Å². The Morgan fingerprint density at radius 1 is 1.38 bits per heavy atom. The summed E-state index contributed by atoms with van der Waals surface area (Å²) >= 11 is 0. The third kappa shape index (κ3) is 3.93. The first-order chi connectivity index (χ1) is 10.1. The van der Waals surface area contributed by atoms with Crippen LogP contribution in [-0.4, -0.2) is 43.1 Å². The Labute approximate surface area is 122 Å². The van der Waals surface area contributed by atoms with E-state index in [2.05, 4.69) is 0 Å². The summed E-state index contributed by atoms with van der Waals surface area (Å²) < 4.78 is 23.0. The minimum Gasteiger partial charge on any atom is -0.484 e. The monoisotopic (exact) mass is 295 g/mol. The van der Waals surface area contributed by atoms with Gasteiger partial charge in [-0.2, -0.15) is 0 Å². The van der Waals surface area contributed by atoms with Gasteiger partial charge >= 0.3 is 5.97 Å². The number of hydrogen-bond donors (Lipinski definition) is 0. The number of nitrogens with zero attached hydrogens (tertiary/aromatic N) is 1. The van der Waals surface area contributed by atoms with Crippen molar-refractivity contribution in [2.24, 2.45) is 0 Å². The molecule has 0 radical (unpaired) electrons. The second kappa shape index (κ2) is 7.06. The lowest BCUT2D eigenvalue weighted by molar-refractivity contribution is -0.155. The topological polar surface area (TPSA) is 55.8 Å². The molecule has 114 valence electrons. The number of ether oxygens (including phenoxy) is 2. The summed E-state index contributed by atoms with van der Waals surface area (Å²) in [5.41, 5.74) is 0. The number of amides is 1. The van der Waals surface area contributed by atoms with Gasteiger partial charge in [0.2, 0.25) is 0 Å². The predicted octanol–water partition coefficient (Wildman–Crippen LogP) is 1.76. The van der Waals surface area contributed by atoms with Crippen molar-refractivity contribution in [3.63, 3.8) is 0 Å². The third-order valence-corrected chi connectivity index (χ3v) is 3.45. The summed E-state index contributed by atoms with van der Waals surface area (Å²) in [6.07, 6.45) is 2.33. The van der Waals surface area contributed by atoms with Crippen LogP contribution in [0.4, 0.5) is 4.39 Å². The van der Waals surface area contributed by atoms with Gasteiger partial charge in [-0.05, 0) is 31.4 Å². The lowest BCUT2D eigenvalue weighted by Gasteiger charge is -2.33. The van der Waals surface area contributed by atoms with Gasteiger partial charge in [0.1, 0.15) is 17.6 Å². The molecule has 6 heteroatoms. The summed E-state index contributed by atoms with van der Waals surface area (Å²) in [6, 6.07) is 5.04. The molecule has 5 nitrogen and oxygen atoms in total. The van der Waals surface area contributed by atoms with Crippen LogP contribution in [0.15, 0.2) is 24.3 Å². The van der Waals surface area contributed by atoms with Crippen molar-refractivity contribution >= 4 is 11.9 Å². The van der Waals surface area contributed by atoms with Crippen molar-refractivity contribution in [2.45, 2.75) is 25.3 Å². The summed E-state index contributed by atoms with van der Waals surface area (Å²) in [7, 11) is 1.31. The van der Waals surface area contributed by atoms with Crippen LogP contribution in [0, 0.1) is 5.82 Å². The van der Waals surface area contributed by atoms with Gasteiger partial charge in [0.15, 0.2) is 6.61 Å². The van der Waals surface area contributed by atoms with Gasteiger partial charge in [-0.25, -0.2) is 9.18 Å². The number of carbonyl (C=O) groups excluding carboxylic acids is 2. The molecule has 1 aliphatic heterocycles. The average Bonchev–Trinajstić information content (AvgIpc) is 2.52. The number of carbonyl (C=O) groups is 2. The molecular formula is C15H18FNO4. The van der Waals surface area contributed by atoms with Gasteiger partial charge in [-0.3, -0.25) is 4.79 Å². The molecule has 0 bridgehead atoms. The zero-order valence-corrected chi connectivity index (χ0v) is 11.9. The minimum absolute atomic E-state index is 0.225. The fourth-order valence-electron chi connectivity index (χ4n) is 2.40. The number of esters is 1. The van der Waals surface area contributed by atoms with Crippen molar-refractivity contribution < 1.29 is 23.5 Å². The van der Waals surface area contributed by atoms with E-state index < -0.39 is 17.8 Å². The number of likely N-dealkylation sites (tertiary alicyclic amines) is 1. The molecule has 1 saturated heterocycles. The Morgan fingerprint density at radius 3 is 2.90 bits per heavy atom. The van der Waals surface area contributed by atoms with E-state index in [1.807, 2.05) is 0 Å². The van der Waals surface area contributed by atoms with E-state index in [4.69, 9.17) is 9.47 Å². The quantitative estimate of drug-likeness (QED) is 0.794. The van der Waals surface area contributed by atoms with E-state index in [0.717, 1.165) is 12.8 Å². The van der Waals surface area contributed by atoms with Crippen molar-refractivity contribution in [2.75, 3.05) is 20.3 Å². The fourth-order valence-corrected chi connectivity index (χ4v) is 2.40. The zero-order chi connectivity index (χ0) is 15.2. The highest BCUT2D eigenvalue weighted by Gasteiger charge is 2.32. The summed E-state index contributed by atoms with van der Waals surface area (Å²) in [5, 5.41) is 0. The Kier molecular flexibility index (Phi) is 5.14. The SMILES string of the molecule is COC(=O)C1CCCCN1C(=O)COc1cccc(F)c1. The van der Waals surface area contributed by atoms with Gasteiger partial charge in [0, 0.05) is 12.6 Å². The molecule has 1 fully saturated rings. The summed E-state index contributed by atoms with van der Waals surface area (Å²) in [5.74, 6) is -0.844. The van der Waals surface area contributed by atoms with Crippen LogP contribution in [-0.2, 0) is 14.3 Å². The largest absolute Gasteiger partial charge is 0.484 e. The first-order valence-electron chi connectivity index (χ1n) is 6.87. The third-order valence-electron chi connectivity index (χ3n) is 3.45. The van der Waals surface area contributed by atoms with Crippen LogP contribution in [0.25, 0.3) is 0 Å². The summed E-state index contributed by atoms with van der Waals surface area (Å²) in [6.45, 7) is 0.280. The van der Waals surface area contributed by atoms with Gasteiger partial charge in [-0.15, -0.1) is 0 Å². The standard InChI is InChI=1S/C15H18FNO4/c1-20-15(19)13-7-2-3-8-17(13)14(18)10-21-12-6-4-5-11(16)9-12/h4-6,9,13H,2-3,7-8,10H2,1H3. The van der Waals surface area contributed by atoms with E-state index in [1.165, 1.54) is 30.2 Å². The Bertz CT molecular complexity index is 520. The molecule has 0 saturated carbocycles. The summed E-state index contributed by atoms with van der Waals surface area (Å²) in [4.78, 5) is 25.4. The molecule has 1 atom stereocenters. The lowest BCUT2D eigenvalue weighted by atomic mass is 10.0. The average molecular weight is 295 g/mol. The second-order valence-electron chi connectivity index (χ2n) is 4.87.